The molecule has 2 atom stereocenters. The number of rotatable bonds is 21. The van der Waals surface area contributed by atoms with Crippen LogP contribution >= 0.6 is 15.2 Å². The molecule has 37 heavy (non-hydrogen) atoms. The van der Waals surface area contributed by atoms with Crippen LogP contribution in [-0.2, 0) is 23.5 Å². The molecule has 3 amide bonds. The average molecular weight is 590 g/mol. The molecule has 0 fully saturated rings. The van der Waals surface area contributed by atoms with Gasteiger partial charge in [0.15, 0.2) is 0 Å². The molecule has 0 aliphatic rings. The van der Waals surface area contributed by atoms with Gasteiger partial charge >= 0.3 is 59.1 Å². The van der Waals surface area contributed by atoms with Gasteiger partial charge < -0.3 is 55.3 Å². The Kier molecular flexibility index (Phi) is 27.7. The number of nitrogens with one attached hydrogen (secondary N) is 5. The second-order valence-corrected chi connectivity index (χ2v) is 10.8. The summed E-state index contributed by atoms with van der Waals surface area (Å²) in [6.45, 7) is 5.03. The summed E-state index contributed by atoms with van der Waals surface area (Å²) in [6, 6.07) is 0. The van der Waals surface area contributed by atoms with Gasteiger partial charge in [-0.2, -0.15) is 0 Å². The van der Waals surface area contributed by atoms with Gasteiger partial charge in [0.1, 0.15) is 15.2 Å². The Balaban J connectivity index is -0.00000578. The molecule has 0 radical (unpaired) electrons. The fraction of sp³-hybridized carbons (Fsp3) is 0.833. The molecule has 15 nitrogen and oxygen atoms in total. The molecular formula is C18H38N6Na2O9P2. The minimum absolute atomic E-state index is 0. The Morgan fingerprint density at radius 2 is 1.11 bits per heavy atom. The number of nitrogens with zero attached hydrogens (tertiary/aromatic N) is 1. The monoisotopic (exact) mass is 590 g/mol. The summed E-state index contributed by atoms with van der Waals surface area (Å²) in [4.78, 5) is 75.6. The van der Waals surface area contributed by atoms with E-state index < -0.39 is 33.7 Å². The van der Waals surface area contributed by atoms with E-state index in [1.54, 1.807) is 0 Å². The van der Waals surface area contributed by atoms with Crippen LogP contribution in [-0.4, -0.2) is 97.3 Å². The van der Waals surface area contributed by atoms with Gasteiger partial charge in [0.2, 0.25) is 17.7 Å². The minimum Gasteiger partial charge on any atom is -0.778 e. The smallest absolute Gasteiger partial charge is 0.778 e. The van der Waals surface area contributed by atoms with Gasteiger partial charge in [-0.1, -0.05) is 6.92 Å². The maximum Gasteiger partial charge on any atom is 1.00 e. The summed E-state index contributed by atoms with van der Waals surface area (Å²) in [6.07, 6.45) is -1.26. The summed E-state index contributed by atoms with van der Waals surface area (Å²) >= 11 is 0. The van der Waals surface area contributed by atoms with Crippen LogP contribution in [0.2, 0.25) is 0 Å². The molecule has 19 heteroatoms. The molecule has 0 bridgehead atoms. The van der Waals surface area contributed by atoms with E-state index in [0.717, 1.165) is 11.4 Å². The molecule has 2 unspecified atom stereocenters. The zero-order valence-electron chi connectivity index (χ0n) is 22.0. The molecule has 0 aromatic carbocycles. The normalized spacial score (nSPS) is 13.9. The number of carbonyl (C=O) groups is 3. The van der Waals surface area contributed by atoms with E-state index in [1.165, 1.54) is 0 Å². The molecule has 0 saturated carbocycles. The van der Waals surface area contributed by atoms with Crippen LogP contribution < -0.4 is 95.5 Å². The van der Waals surface area contributed by atoms with E-state index in [1.807, 2.05) is 6.92 Å². The van der Waals surface area contributed by atoms with Crippen molar-refractivity contribution in [2.45, 2.75) is 32.6 Å². The maximum absolute atomic E-state index is 11.8. The molecule has 0 rings (SSSR count). The maximum atomic E-state index is 11.8. The van der Waals surface area contributed by atoms with Crippen molar-refractivity contribution in [3.63, 3.8) is 0 Å². The average Bonchev–Trinajstić information content (AvgIpc) is 2.71. The SMILES string of the molecule is CCNCCC(=O)NCCNCCC(=O)NCCNC(=O)CCCN(CP(=O)([O-])O)CP(=O)([O-])O.[Na+].[Na+]. The predicted octanol–water partition coefficient (Wildman–Crippen LogP) is -9.59. The third-order valence-corrected chi connectivity index (χ3v) is 5.85. The van der Waals surface area contributed by atoms with Gasteiger partial charge in [-0.3, -0.25) is 19.3 Å². The van der Waals surface area contributed by atoms with Crippen LogP contribution in [0.15, 0.2) is 0 Å². The molecule has 0 aliphatic carbocycles. The summed E-state index contributed by atoms with van der Waals surface area (Å²) in [5.41, 5.74) is 0. The molecule has 0 spiro atoms. The predicted molar refractivity (Wildman–Crippen MR) is 125 cm³/mol. The molecule has 0 aliphatic heterocycles. The van der Waals surface area contributed by atoms with Gasteiger partial charge in [0.25, 0.3) is 0 Å². The Morgan fingerprint density at radius 3 is 1.54 bits per heavy atom. The Bertz CT molecular complexity index is 718. The Hall–Kier alpha value is 0.590. The fourth-order valence-corrected chi connectivity index (χ4v) is 4.47. The van der Waals surface area contributed by atoms with E-state index in [0.29, 0.717) is 32.6 Å². The third-order valence-electron chi connectivity index (χ3n) is 4.34. The number of hydrogen-bond acceptors (Lipinski definition) is 10. The molecule has 0 aromatic rings. The first kappa shape index (κ1) is 42.1. The molecule has 0 saturated heterocycles. The first-order valence-corrected chi connectivity index (χ1v) is 14.8. The summed E-state index contributed by atoms with van der Waals surface area (Å²) in [7, 11) is -9.57. The quantitative estimate of drug-likeness (QED) is 0.0375. The molecular weight excluding hydrogens is 552 g/mol. The van der Waals surface area contributed by atoms with Crippen LogP contribution in [0, 0.1) is 0 Å². The van der Waals surface area contributed by atoms with E-state index in [9.17, 15) is 33.3 Å². The van der Waals surface area contributed by atoms with Crippen molar-refractivity contribution in [3.05, 3.63) is 0 Å². The van der Waals surface area contributed by atoms with Gasteiger partial charge in [-0.25, -0.2) is 0 Å². The summed E-state index contributed by atoms with van der Waals surface area (Å²) in [5, 5.41) is 14.1. The molecule has 206 valence electrons. The van der Waals surface area contributed by atoms with Crippen LogP contribution in [0.3, 0.4) is 0 Å². The first-order valence-electron chi connectivity index (χ1n) is 11.3. The van der Waals surface area contributed by atoms with Crippen molar-refractivity contribution in [2.75, 3.05) is 64.9 Å². The van der Waals surface area contributed by atoms with Crippen LogP contribution in [0.5, 0.6) is 0 Å². The zero-order chi connectivity index (χ0) is 26.7. The summed E-state index contributed by atoms with van der Waals surface area (Å²) in [5.74, 6) is -0.645. The fourth-order valence-electron chi connectivity index (χ4n) is 2.82. The zero-order valence-corrected chi connectivity index (χ0v) is 27.8. The minimum atomic E-state index is -4.79. The van der Waals surface area contributed by atoms with E-state index >= 15 is 0 Å². The van der Waals surface area contributed by atoms with Crippen molar-refractivity contribution >= 4 is 32.9 Å². The Labute approximate surface area is 262 Å². The standard InChI is InChI=1S/C18H40N6O9P2.2Na/c1-2-19-7-5-17(26)21-10-9-20-8-6-18(27)23-12-11-22-16(25)4-3-13-24(14-34(28,29)30)15-35(31,32)33;;/h19-20H,2-15H2,1H3,(H,21,26)(H,22,25)(H,23,27)(H2,28,29,30)(H2,31,32,33);;/q;2*+1/p-2. The number of amides is 3. The number of carbonyl (C=O) groups excluding carboxylic acids is 3. The van der Waals surface area contributed by atoms with Crippen LogP contribution in [0.1, 0.15) is 32.6 Å². The summed E-state index contributed by atoms with van der Waals surface area (Å²) < 4.78 is 21.9. The van der Waals surface area contributed by atoms with Gasteiger partial charge in [0.05, 0.1) is 12.6 Å². The second kappa shape index (κ2) is 24.4. The first-order chi connectivity index (χ1) is 16.3. The van der Waals surface area contributed by atoms with Crippen molar-refractivity contribution < 1.29 is 102 Å². The second-order valence-electron chi connectivity index (χ2n) is 7.71. The van der Waals surface area contributed by atoms with Crippen LogP contribution in [0.4, 0.5) is 0 Å². The van der Waals surface area contributed by atoms with Crippen molar-refractivity contribution in [1.82, 2.24) is 31.5 Å². The molecule has 0 heterocycles. The van der Waals surface area contributed by atoms with Crippen molar-refractivity contribution in [3.8, 4) is 0 Å². The molecule has 7 N–H and O–H groups in total. The number of hydrogen-bond donors (Lipinski definition) is 7. The van der Waals surface area contributed by atoms with Crippen molar-refractivity contribution in [1.29, 1.82) is 0 Å². The topological polar surface area (TPSA) is 235 Å². The van der Waals surface area contributed by atoms with E-state index in [4.69, 9.17) is 9.79 Å². The van der Waals surface area contributed by atoms with Crippen molar-refractivity contribution in [2.24, 2.45) is 0 Å². The van der Waals surface area contributed by atoms with Gasteiger partial charge in [0, 0.05) is 58.5 Å². The Morgan fingerprint density at radius 1 is 0.703 bits per heavy atom. The van der Waals surface area contributed by atoms with Gasteiger partial charge in [-0.15, -0.1) is 0 Å². The largest absolute Gasteiger partial charge is 1.00 e. The van der Waals surface area contributed by atoms with Gasteiger partial charge in [-0.05, 0) is 19.5 Å². The third kappa shape index (κ3) is 31.0. The van der Waals surface area contributed by atoms with Crippen LogP contribution in [0.25, 0.3) is 0 Å². The van der Waals surface area contributed by atoms with E-state index in [-0.39, 0.29) is 110 Å². The van der Waals surface area contributed by atoms with E-state index in [2.05, 4.69) is 26.6 Å². The molecule has 0 aromatic heterocycles.